The van der Waals surface area contributed by atoms with Crippen molar-refractivity contribution in [3.05, 3.63) is 35.4 Å². The molecule has 5 heteroatoms. The van der Waals surface area contributed by atoms with Gasteiger partial charge in [0.2, 0.25) is 5.91 Å². The second-order valence-corrected chi connectivity index (χ2v) is 5.60. The first-order chi connectivity index (χ1) is 9.45. The normalized spacial score (nSPS) is 21.2. The lowest BCUT2D eigenvalue weighted by Gasteiger charge is -2.14. The van der Waals surface area contributed by atoms with E-state index in [2.05, 4.69) is 5.32 Å². The summed E-state index contributed by atoms with van der Waals surface area (Å²) >= 11 is 6.13. The maximum atomic E-state index is 12.0. The fourth-order valence-electron chi connectivity index (χ4n) is 2.08. The van der Waals surface area contributed by atoms with E-state index in [1.165, 1.54) is 0 Å². The number of carbonyl (C=O) groups excluding carboxylic acids is 1. The van der Waals surface area contributed by atoms with Crippen molar-refractivity contribution < 1.29 is 9.53 Å². The van der Waals surface area contributed by atoms with Crippen LogP contribution in [0.1, 0.15) is 20.3 Å². The Kier molecular flexibility index (Phi) is 4.68. The Morgan fingerprint density at radius 2 is 2.20 bits per heavy atom. The Labute approximate surface area is 123 Å². The molecule has 4 nitrogen and oxygen atoms in total. The number of nitrogens with two attached hydrogens (primary N) is 1. The Balaban J connectivity index is 2.01. The second-order valence-electron chi connectivity index (χ2n) is 5.19. The van der Waals surface area contributed by atoms with E-state index in [-0.39, 0.29) is 24.0 Å². The van der Waals surface area contributed by atoms with Crippen LogP contribution in [-0.4, -0.2) is 18.1 Å². The summed E-state index contributed by atoms with van der Waals surface area (Å²) in [5.41, 5.74) is 6.40. The highest BCUT2D eigenvalue weighted by Crippen LogP contribution is 2.29. The number of nitrogens with one attached hydrogen (secondary N) is 1. The predicted molar refractivity (Wildman–Crippen MR) is 81.1 cm³/mol. The molecule has 0 radical (unpaired) electrons. The molecule has 2 unspecified atom stereocenters. The third-order valence-corrected chi connectivity index (χ3v) is 3.31. The lowest BCUT2D eigenvalue weighted by molar-refractivity contribution is -0.118. The Morgan fingerprint density at radius 3 is 2.75 bits per heavy atom. The van der Waals surface area contributed by atoms with E-state index < -0.39 is 0 Å². The average molecular weight is 295 g/mol. The molecule has 108 valence electrons. The number of anilines is 1. The van der Waals surface area contributed by atoms with Crippen molar-refractivity contribution in [2.24, 2.45) is 11.7 Å². The van der Waals surface area contributed by atoms with Gasteiger partial charge in [-0.25, -0.2) is 0 Å². The van der Waals surface area contributed by atoms with Crippen LogP contribution in [0.4, 0.5) is 5.69 Å². The number of halogens is 1. The van der Waals surface area contributed by atoms with Crippen LogP contribution < -0.4 is 15.8 Å². The van der Waals surface area contributed by atoms with Gasteiger partial charge in [-0.2, -0.15) is 0 Å². The molecule has 1 aromatic rings. The highest BCUT2D eigenvalue weighted by molar-refractivity contribution is 6.32. The van der Waals surface area contributed by atoms with Crippen molar-refractivity contribution in [1.82, 2.24) is 0 Å². The van der Waals surface area contributed by atoms with E-state index in [9.17, 15) is 4.79 Å². The molecule has 0 heterocycles. The summed E-state index contributed by atoms with van der Waals surface area (Å²) < 4.78 is 5.55. The summed E-state index contributed by atoms with van der Waals surface area (Å²) in [5, 5.41) is 3.32. The van der Waals surface area contributed by atoms with Crippen LogP contribution in [0.3, 0.4) is 0 Å². The third kappa shape index (κ3) is 3.74. The van der Waals surface area contributed by atoms with Crippen LogP contribution in [0, 0.1) is 5.92 Å². The molecule has 2 atom stereocenters. The molecular weight excluding hydrogens is 276 g/mol. The van der Waals surface area contributed by atoms with E-state index in [1.807, 2.05) is 26.0 Å². The summed E-state index contributed by atoms with van der Waals surface area (Å²) in [5.74, 6) is 0.376. The van der Waals surface area contributed by atoms with Crippen molar-refractivity contribution in [1.29, 1.82) is 0 Å². The topological polar surface area (TPSA) is 64.3 Å². The standard InChI is InChI=1S/C15H19ClN2O2/c1-9(2)20-14-6-5-12(8-13(14)16)18-15(19)10-3-4-11(17)7-10/h3-6,8-11H,7,17H2,1-2H3,(H,18,19). The molecule has 1 amide bonds. The van der Waals surface area contributed by atoms with Crippen molar-refractivity contribution >= 4 is 23.2 Å². The average Bonchev–Trinajstić information content (AvgIpc) is 2.79. The van der Waals surface area contributed by atoms with E-state index in [0.29, 0.717) is 22.9 Å². The predicted octanol–water partition coefficient (Wildman–Crippen LogP) is 2.97. The molecule has 1 aliphatic carbocycles. The second kappa shape index (κ2) is 6.29. The SMILES string of the molecule is CC(C)Oc1ccc(NC(=O)C2C=CC(N)C2)cc1Cl. The highest BCUT2D eigenvalue weighted by atomic mass is 35.5. The fraction of sp³-hybridized carbons (Fsp3) is 0.400. The van der Waals surface area contributed by atoms with Gasteiger partial charge in [0.05, 0.1) is 17.0 Å². The zero-order chi connectivity index (χ0) is 14.7. The molecule has 0 spiro atoms. The van der Waals surface area contributed by atoms with E-state index in [0.717, 1.165) is 0 Å². The van der Waals surface area contributed by atoms with Crippen LogP contribution in [0.2, 0.25) is 5.02 Å². The van der Waals surface area contributed by atoms with Gasteiger partial charge in [-0.3, -0.25) is 4.79 Å². The maximum absolute atomic E-state index is 12.0. The van der Waals surface area contributed by atoms with E-state index in [4.69, 9.17) is 22.1 Å². The summed E-state index contributed by atoms with van der Waals surface area (Å²) in [7, 11) is 0. The number of rotatable bonds is 4. The zero-order valence-electron chi connectivity index (χ0n) is 11.6. The molecular formula is C15H19ClN2O2. The Bertz CT molecular complexity index is 529. The third-order valence-electron chi connectivity index (χ3n) is 3.02. The summed E-state index contributed by atoms with van der Waals surface area (Å²) in [6.45, 7) is 3.86. The van der Waals surface area contributed by atoms with Gasteiger partial charge < -0.3 is 15.8 Å². The van der Waals surface area contributed by atoms with Gasteiger partial charge in [-0.15, -0.1) is 0 Å². The van der Waals surface area contributed by atoms with Crippen molar-refractivity contribution in [3.63, 3.8) is 0 Å². The van der Waals surface area contributed by atoms with Crippen LogP contribution >= 0.6 is 11.6 Å². The van der Waals surface area contributed by atoms with Crippen molar-refractivity contribution in [2.45, 2.75) is 32.4 Å². The number of hydrogen-bond donors (Lipinski definition) is 2. The lowest BCUT2D eigenvalue weighted by Crippen LogP contribution is -2.23. The number of ether oxygens (including phenoxy) is 1. The first kappa shape index (κ1) is 14.9. The quantitative estimate of drug-likeness (QED) is 0.839. The van der Waals surface area contributed by atoms with E-state index in [1.54, 1.807) is 18.2 Å². The first-order valence-electron chi connectivity index (χ1n) is 6.66. The molecule has 2 rings (SSSR count). The summed E-state index contributed by atoms with van der Waals surface area (Å²) in [6.07, 6.45) is 4.40. The minimum atomic E-state index is -0.171. The summed E-state index contributed by atoms with van der Waals surface area (Å²) in [6, 6.07) is 5.19. The van der Waals surface area contributed by atoms with Crippen molar-refractivity contribution in [3.8, 4) is 5.75 Å². The number of hydrogen-bond acceptors (Lipinski definition) is 3. The number of amides is 1. The van der Waals surface area contributed by atoms with Gasteiger partial charge in [-0.05, 0) is 38.5 Å². The molecule has 20 heavy (non-hydrogen) atoms. The Hall–Kier alpha value is -1.52. The van der Waals surface area contributed by atoms with Crippen molar-refractivity contribution in [2.75, 3.05) is 5.32 Å². The lowest BCUT2D eigenvalue weighted by atomic mass is 10.1. The Morgan fingerprint density at radius 1 is 1.45 bits per heavy atom. The fourth-order valence-corrected chi connectivity index (χ4v) is 2.31. The van der Waals surface area contributed by atoms with Gasteiger partial charge in [0.25, 0.3) is 0 Å². The minimum Gasteiger partial charge on any atom is -0.489 e. The monoisotopic (exact) mass is 294 g/mol. The molecule has 1 aliphatic rings. The van der Waals surface area contributed by atoms with Crippen LogP contribution in [-0.2, 0) is 4.79 Å². The van der Waals surface area contributed by atoms with Crippen LogP contribution in [0.25, 0.3) is 0 Å². The summed E-state index contributed by atoms with van der Waals surface area (Å²) in [4.78, 5) is 12.0. The largest absolute Gasteiger partial charge is 0.489 e. The van der Waals surface area contributed by atoms with Crippen LogP contribution in [0.5, 0.6) is 5.75 Å². The van der Waals surface area contributed by atoms with Gasteiger partial charge in [0, 0.05) is 11.7 Å². The minimum absolute atomic E-state index is 0.0313. The molecule has 0 aliphatic heterocycles. The maximum Gasteiger partial charge on any atom is 0.231 e. The zero-order valence-corrected chi connectivity index (χ0v) is 12.4. The molecule has 0 bridgehead atoms. The molecule has 0 saturated heterocycles. The molecule has 3 N–H and O–H groups in total. The molecule has 0 aromatic heterocycles. The van der Waals surface area contributed by atoms with Gasteiger partial charge in [0.15, 0.2) is 0 Å². The number of benzene rings is 1. The van der Waals surface area contributed by atoms with Gasteiger partial charge >= 0.3 is 0 Å². The smallest absolute Gasteiger partial charge is 0.231 e. The van der Waals surface area contributed by atoms with Gasteiger partial charge in [0.1, 0.15) is 5.75 Å². The molecule has 1 aromatic carbocycles. The van der Waals surface area contributed by atoms with E-state index >= 15 is 0 Å². The molecule has 0 saturated carbocycles. The first-order valence-corrected chi connectivity index (χ1v) is 7.04. The van der Waals surface area contributed by atoms with Crippen LogP contribution in [0.15, 0.2) is 30.4 Å². The number of carbonyl (C=O) groups is 1. The molecule has 0 fully saturated rings. The van der Waals surface area contributed by atoms with Gasteiger partial charge in [-0.1, -0.05) is 23.8 Å². The highest BCUT2D eigenvalue weighted by Gasteiger charge is 2.22.